The summed E-state index contributed by atoms with van der Waals surface area (Å²) in [7, 11) is 0. The van der Waals surface area contributed by atoms with Gasteiger partial charge in [-0.2, -0.15) is 0 Å². The van der Waals surface area contributed by atoms with Gasteiger partial charge in [-0.1, -0.05) is 22.9 Å². The summed E-state index contributed by atoms with van der Waals surface area (Å²) in [5.74, 6) is 0.537. The van der Waals surface area contributed by atoms with Crippen molar-refractivity contribution < 1.29 is 0 Å². The first-order valence-electron chi connectivity index (χ1n) is 6.91. The molecule has 3 rings (SSSR count). The predicted octanol–water partition coefficient (Wildman–Crippen LogP) is 3.94. The van der Waals surface area contributed by atoms with E-state index in [1.807, 2.05) is 0 Å². The van der Waals surface area contributed by atoms with Gasteiger partial charge >= 0.3 is 0 Å². The molecule has 0 aliphatic heterocycles. The van der Waals surface area contributed by atoms with Gasteiger partial charge in [-0.25, -0.2) is 9.97 Å². The van der Waals surface area contributed by atoms with Crippen molar-refractivity contribution in [1.82, 2.24) is 14.5 Å². The second-order valence-corrected chi connectivity index (χ2v) is 6.05. The number of halogens is 1. The second-order valence-electron chi connectivity index (χ2n) is 5.13. The fourth-order valence-corrected chi connectivity index (χ4v) is 3.18. The lowest BCUT2D eigenvalue weighted by Gasteiger charge is -2.13. The average molecular weight is 345 g/mol. The normalized spacial score (nSPS) is 11.2. The standard InChI is InChI=1S/C16H17BrN4/c1-4-11-7-12(17)5-6-13(11)21-10(3)9(2)14-15(18)19-8-20-16(14)21/h5-8H,4H2,1-3H3,(H2,18,19,20). The Morgan fingerprint density at radius 1 is 1.24 bits per heavy atom. The van der Waals surface area contributed by atoms with Crippen LogP contribution in [0.2, 0.25) is 0 Å². The number of benzene rings is 1. The average Bonchev–Trinajstić information content (AvgIpc) is 2.72. The van der Waals surface area contributed by atoms with Gasteiger partial charge in [0.05, 0.1) is 11.1 Å². The number of aromatic nitrogens is 3. The highest BCUT2D eigenvalue weighted by Crippen LogP contribution is 2.32. The number of anilines is 1. The maximum absolute atomic E-state index is 6.04. The first-order chi connectivity index (χ1) is 10.0. The molecule has 0 atom stereocenters. The van der Waals surface area contributed by atoms with Gasteiger partial charge in [0.1, 0.15) is 12.1 Å². The highest BCUT2D eigenvalue weighted by atomic mass is 79.9. The zero-order valence-electron chi connectivity index (χ0n) is 12.3. The van der Waals surface area contributed by atoms with Crippen molar-refractivity contribution >= 4 is 32.8 Å². The molecule has 0 saturated heterocycles. The zero-order chi connectivity index (χ0) is 15.1. The molecule has 21 heavy (non-hydrogen) atoms. The third kappa shape index (κ3) is 2.12. The van der Waals surface area contributed by atoms with Crippen molar-refractivity contribution in [1.29, 1.82) is 0 Å². The Kier molecular flexibility index (Phi) is 3.45. The fraction of sp³-hybridized carbons (Fsp3) is 0.250. The smallest absolute Gasteiger partial charge is 0.150 e. The molecule has 108 valence electrons. The minimum absolute atomic E-state index is 0.537. The summed E-state index contributed by atoms with van der Waals surface area (Å²) in [4.78, 5) is 8.58. The Hall–Kier alpha value is -1.88. The number of nitrogens with two attached hydrogens (primary N) is 1. The molecule has 0 aliphatic rings. The predicted molar refractivity (Wildman–Crippen MR) is 89.8 cm³/mol. The monoisotopic (exact) mass is 344 g/mol. The summed E-state index contributed by atoms with van der Waals surface area (Å²) in [5, 5.41) is 0.944. The van der Waals surface area contributed by atoms with Gasteiger partial charge in [0.15, 0.2) is 5.65 Å². The summed E-state index contributed by atoms with van der Waals surface area (Å²) >= 11 is 3.54. The molecule has 0 bridgehead atoms. The number of nitrogen functional groups attached to an aromatic ring is 1. The van der Waals surface area contributed by atoms with Crippen molar-refractivity contribution in [2.75, 3.05) is 5.73 Å². The molecule has 1 aromatic carbocycles. The van der Waals surface area contributed by atoms with Crippen LogP contribution in [-0.2, 0) is 6.42 Å². The summed E-state index contributed by atoms with van der Waals surface area (Å²) in [6.07, 6.45) is 2.48. The van der Waals surface area contributed by atoms with E-state index in [2.05, 4.69) is 69.4 Å². The van der Waals surface area contributed by atoms with E-state index in [4.69, 9.17) is 5.73 Å². The van der Waals surface area contributed by atoms with Crippen molar-refractivity contribution in [3.8, 4) is 5.69 Å². The molecule has 2 heterocycles. The first kappa shape index (κ1) is 14.1. The molecule has 4 nitrogen and oxygen atoms in total. The Labute approximate surface area is 132 Å². The molecule has 2 N–H and O–H groups in total. The minimum Gasteiger partial charge on any atom is -0.383 e. The summed E-state index contributed by atoms with van der Waals surface area (Å²) in [6.45, 7) is 6.32. The van der Waals surface area contributed by atoms with Crippen LogP contribution in [0.5, 0.6) is 0 Å². The van der Waals surface area contributed by atoms with E-state index in [9.17, 15) is 0 Å². The molecular formula is C16H17BrN4. The van der Waals surface area contributed by atoms with Gasteiger partial charge < -0.3 is 5.73 Å². The van der Waals surface area contributed by atoms with Crippen molar-refractivity contribution in [2.24, 2.45) is 0 Å². The van der Waals surface area contributed by atoms with E-state index >= 15 is 0 Å². The van der Waals surface area contributed by atoms with Gasteiger partial charge in [-0.05, 0) is 49.6 Å². The maximum atomic E-state index is 6.04. The lowest BCUT2D eigenvalue weighted by molar-refractivity contribution is 0.976. The van der Waals surface area contributed by atoms with Crippen LogP contribution < -0.4 is 5.73 Å². The molecule has 2 aromatic heterocycles. The fourth-order valence-electron chi connectivity index (χ4n) is 2.78. The molecule has 0 saturated carbocycles. The molecule has 0 fully saturated rings. The number of hydrogen-bond donors (Lipinski definition) is 1. The quantitative estimate of drug-likeness (QED) is 0.765. The van der Waals surface area contributed by atoms with Crippen LogP contribution in [0.1, 0.15) is 23.7 Å². The van der Waals surface area contributed by atoms with Gasteiger partial charge in [0.25, 0.3) is 0 Å². The Bertz CT molecular complexity index is 836. The van der Waals surface area contributed by atoms with Crippen LogP contribution in [0.4, 0.5) is 5.82 Å². The second kappa shape index (κ2) is 5.15. The van der Waals surface area contributed by atoms with Crippen LogP contribution in [0.15, 0.2) is 29.0 Å². The topological polar surface area (TPSA) is 56.7 Å². The third-order valence-electron chi connectivity index (χ3n) is 3.98. The van der Waals surface area contributed by atoms with E-state index in [0.717, 1.165) is 38.9 Å². The van der Waals surface area contributed by atoms with E-state index in [-0.39, 0.29) is 0 Å². The third-order valence-corrected chi connectivity index (χ3v) is 4.48. The van der Waals surface area contributed by atoms with Crippen molar-refractivity contribution in [2.45, 2.75) is 27.2 Å². The van der Waals surface area contributed by atoms with Crippen molar-refractivity contribution in [3.05, 3.63) is 45.8 Å². The lowest BCUT2D eigenvalue weighted by Crippen LogP contribution is -2.02. The summed E-state index contributed by atoms with van der Waals surface area (Å²) < 4.78 is 3.26. The largest absolute Gasteiger partial charge is 0.383 e. The summed E-state index contributed by atoms with van der Waals surface area (Å²) in [6, 6.07) is 6.33. The highest BCUT2D eigenvalue weighted by Gasteiger charge is 2.17. The molecule has 5 heteroatoms. The molecular weight excluding hydrogens is 328 g/mol. The Balaban J connectivity index is 2.41. The van der Waals surface area contributed by atoms with Crippen LogP contribution in [0, 0.1) is 13.8 Å². The molecule has 0 radical (unpaired) electrons. The number of nitrogens with zero attached hydrogens (tertiary/aromatic N) is 3. The SMILES string of the molecule is CCc1cc(Br)ccc1-n1c(C)c(C)c2c(N)ncnc21. The first-order valence-corrected chi connectivity index (χ1v) is 7.70. The highest BCUT2D eigenvalue weighted by molar-refractivity contribution is 9.10. The van der Waals surface area contributed by atoms with Crippen LogP contribution in [0.3, 0.4) is 0 Å². The minimum atomic E-state index is 0.537. The maximum Gasteiger partial charge on any atom is 0.150 e. The van der Waals surface area contributed by atoms with Crippen molar-refractivity contribution in [3.63, 3.8) is 0 Å². The van der Waals surface area contributed by atoms with Crippen LogP contribution >= 0.6 is 15.9 Å². The molecule has 0 spiro atoms. The summed E-state index contributed by atoms with van der Waals surface area (Å²) in [5.41, 5.74) is 11.6. The lowest BCUT2D eigenvalue weighted by atomic mass is 10.1. The molecule has 3 aromatic rings. The number of hydrogen-bond acceptors (Lipinski definition) is 3. The van der Waals surface area contributed by atoms with Crippen LogP contribution in [0.25, 0.3) is 16.7 Å². The number of rotatable bonds is 2. The van der Waals surface area contributed by atoms with Crippen LogP contribution in [-0.4, -0.2) is 14.5 Å². The molecule has 0 aliphatic carbocycles. The number of fused-ring (bicyclic) bond motifs is 1. The van der Waals surface area contributed by atoms with E-state index in [0.29, 0.717) is 5.82 Å². The number of aryl methyl sites for hydroxylation is 2. The van der Waals surface area contributed by atoms with Gasteiger partial charge in [0.2, 0.25) is 0 Å². The Morgan fingerprint density at radius 3 is 2.71 bits per heavy atom. The van der Waals surface area contributed by atoms with E-state index < -0.39 is 0 Å². The van der Waals surface area contributed by atoms with E-state index in [1.165, 1.54) is 11.9 Å². The zero-order valence-corrected chi connectivity index (χ0v) is 13.9. The van der Waals surface area contributed by atoms with Gasteiger partial charge in [-0.15, -0.1) is 0 Å². The van der Waals surface area contributed by atoms with E-state index in [1.54, 1.807) is 0 Å². The van der Waals surface area contributed by atoms with Gasteiger partial charge in [-0.3, -0.25) is 4.57 Å². The molecule has 0 unspecified atom stereocenters. The van der Waals surface area contributed by atoms with Gasteiger partial charge in [0, 0.05) is 10.2 Å². The Morgan fingerprint density at radius 2 is 2.00 bits per heavy atom. The molecule has 0 amide bonds.